The van der Waals surface area contributed by atoms with Gasteiger partial charge in [0, 0.05) is 61.5 Å². The van der Waals surface area contributed by atoms with Crippen LogP contribution in [0, 0.1) is 5.92 Å². The molecule has 0 aliphatic carbocycles. The summed E-state index contributed by atoms with van der Waals surface area (Å²) in [4.78, 5) is 9.62. The lowest BCUT2D eigenvalue weighted by Crippen LogP contribution is -2.18. The van der Waals surface area contributed by atoms with E-state index in [4.69, 9.17) is 9.97 Å². The van der Waals surface area contributed by atoms with Crippen LogP contribution in [-0.2, 0) is 14.1 Å². The summed E-state index contributed by atoms with van der Waals surface area (Å²) in [5.74, 6) is 2.15. The van der Waals surface area contributed by atoms with Crippen molar-refractivity contribution in [3.8, 4) is 33.6 Å². The Kier molecular flexibility index (Phi) is 5.21. The number of nitrogens with zero attached hydrogens (tertiary/aromatic N) is 6. The Morgan fingerprint density at radius 1 is 1.00 bits per heavy atom. The number of benzene rings is 1. The number of aryl methyl sites for hydroxylation is 2. The Morgan fingerprint density at radius 3 is 2.48 bits per heavy atom. The molecule has 2 N–H and O–H groups in total. The van der Waals surface area contributed by atoms with Crippen LogP contribution in [-0.4, -0.2) is 49.2 Å². The van der Waals surface area contributed by atoms with Crippen LogP contribution in [0.1, 0.15) is 6.42 Å². The van der Waals surface area contributed by atoms with E-state index < -0.39 is 0 Å². The van der Waals surface area contributed by atoms with Crippen molar-refractivity contribution < 1.29 is 0 Å². The lowest BCUT2D eigenvalue weighted by atomic mass is 10.1. The molecule has 0 radical (unpaired) electrons. The van der Waals surface area contributed by atoms with Crippen molar-refractivity contribution in [1.29, 1.82) is 0 Å². The van der Waals surface area contributed by atoms with Gasteiger partial charge in [0.25, 0.3) is 0 Å². The van der Waals surface area contributed by atoms with Gasteiger partial charge in [-0.15, -0.1) is 0 Å². The standard InChI is InChI=1S/C23H26N8/c1-30-14-19(11-27-30)17-4-3-5-18(8-17)22-26-13-21(20-12-28-31(2)15-20)23(29-22)25-10-16-6-7-24-9-16/h3-5,8,11-16,24H,6-7,9-10H2,1-2H3,(H,25,26,29)/t16-/m0/s1. The molecule has 1 aliphatic heterocycles. The first kappa shape index (κ1) is 19.4. The maximum absolute atomic E-state index is 4.93. The third-order valence-corrected chi connectivity index (χ3v) is 5.68. The van der Waals surface area contributed by atoms with Crippen molar-refractivity contribution >= 4 is 5.82 Å². The van der Waals surface area contributed by atoms with Gasteiger partial charge >= 0.3 is 0 Å². The van der Waals surface area contributed by atoms with Gasteiger partial charge in [-0.25, -0.2) is 9.97 Å². The number of nitrogens with one attached hydrogen (secondary N) is 2. The van der Waals surface area contributed by atoms with E-state index in [9.17, 15) is 0 Å². The molecule has 4 aromatic rings. The minimum atomic E-state index is 0.606. The lowest BCUT2D eigenvalue weighted by molar-refractivity contribution is 0.614. The fourth-order valence-corrected chi connectivity index (χ4v) is 3.97. The van der Waals surface area contributed by atoms with Gasteiger partial charge in [-0.3, -0.25) is 9.36 Å². The van der Waals surface area contributed by atoms with Crippen LogP contribution in [0.15, 0.2) is 55.2 Å². The van der Waals surface area contributed by atoms with Crippen LogP contribution in [0.25, 0.3) is 33.6 Å². The van der Waals surface area contributed by atoms with E-state index in [1.165, 1.54) is 6.42 Å². The van der Waals surface area contributed by atoms with E-state index in [0.29, 0.717) is 11.7 Å². The fraction of sp³-hybridized carbons (Fsp3) is 0.304. The minimum Gasteiger partial charge on any atom is -0.369 e. The van der Waals surface area contributed by atoms with Gasteiger partial charge in [0.1, 0.15) is 5.82 Å². The molecule has 1 aromatic carbocycles. The minimum absolute atomic E-state index is 0.606. The van der Waals surface area contributed by atoms with Crippen LogP contribution >= 0.6 is 0 Å². The highest BCUT2D eigenvalue weighted by Crippen LogP contribution is 2.30. The van der Waals surface area contributed by atoms with Gasteiger partial charge in [-0.05, 0) is 37.1 Å². The molecule has 8 heteroatoms. The predicted molar refractivity (Wildman–Crippen MR) is 121 cm³/mol. The first-order chi connectivity index (χ1) is 15.2. The molecule has 0 bridgehead atoms. The van der Waals surface area contributed by atoms with Crippen molar-refractivity contribution in [2.45, 2.75) is 6.42 Å². The Hall–Kier alpha value is -3.52. The van der Waals surface area contributed by atoms with Crippen molar-refractivity contribution in [1.82, 2.24) is 34.8 Å². The second-order valence-corrected chi connectivity index (χ2v) is 8.08. The zero-order valence-corrected chi connectivity index (χ0v) is 17.8. The topological polar surface area (TPSA) is 85.5 Å². The summed E-state index contributed by atoms with van der Waals surface area (Å²) in [7, 11) is 3.84. The Labute approximate surface area is 181 Å². The highest BCUT2D eigenvalue weighted by atomic mass is 15.2. The van der Waals surface area contributed by atoms with Gasteiger partial charge in [-0.1, -0.05) is 18.2 Å². The van der Waals surface area contributed by atoms with Crippen molar-refractivity contribution in [2.75, 3.05) is 25.0 Å². The maximum atomic E-state index is 4.93. The zero-order chi connectivity index (χ0) is 21.2. The third-order valence-electron chi connectivity index (χ3n) is 5.68. The quantitative estimate of drug-likeness (QED) is 0.505. The fourth-order valence-electron chi connectivity index (χ4n) is 3.97. The second-order valence-electron chi connectivity index (χ2n) is 8.08. The van der Waals surface area contributed by atoms with Crippen LogP contribution in [0.2, 0.25) is 0 Å². The predicted octanol–water partition coefficient (Wildman–Crippen LogP) is 2.97. The molecule has 5 rings (SSSR count). The largest absolute Gasteiger partial charge is 0.369 e. The van der Waals surface area contributed by atoms with E-state index in [1.54, 1.807) is 9.36 Å². The van der Waals surface area contributed by atoms with E-state index >= 15 is 0 Å². The van der Waals surface area contributed by atoms with Crippen LogP contribution in [0.3, 0.4) is 0 Å². The van der Waals surface area contributed by atoms with E-state index in [2.05, 4.69) is 33.0 Å². The summed E-state index contributed by atoms with van der Waals surface area (Å²) in [6.07, 6.45) is 10.8. The molecule has 31 heavy (non-hydrogen) atoms. The number of aromatic nitrogens is 6. The highest BCUT2D eigenvalue weighted by molar-refractivity contribution is 5.76. The molecule has 1 fully saturated rings. The van der Waals surface area contributed by atoms with Crippen molar-refractivity contribution in [3.63, 3.8) is 0 Å². The van der Waals surface area contributed by atoms with E-state index in [0.717, 1.165) is 53.3 Å². The summed E-state index contributed by atoms with van der Waals surface area (Å²) < 4.78 is 3.60. The SMILES string of the molecule is Cn1cc(-c2cccc(-c3ncc(-c4cnn(C)c4)c(NC[C@H]4CCNC4)n3)c2)cn1. The maximum Gasteiger partial charge on any atom is 0.161 e. The molecule has 0 unspecified atom stereocenters. The van der Waals surface area contributed by atoms with Gasteiger partial charge in [0.15, 0.2) is 5.82 Å². The second kappa shape index (κ2) is 8.31. The molecule has 0 spiro atoms. The summed E-state index contributed by atoms with van der Waals surface area (Å²) in [5, 5.41) is 15.6. The monoisotopic (exact) mass is 414 g/mol. The average Bonchev–Trinajstić information content (AvgIpc) is 3.55. The molecule has 0 saturated carbocycles. The molecular formula is C23H26N8. The summed E-state index contributed by atoms with van der Waals surface area (Å²) >= 11 is 0. The highest BCUT2D eigenvalue weighted by Gasteiger charge is 2.17. The van der Waals surface area contributed by atoms with E-state index in [1.807, 2.05) is 57.2 Å². The molecule has 1 aliphatic rings. The Bertz CT molecular complexity index is 1190. The molecular weight excluding hydrogens is 388 g/mol. The molecule has 1 saturated heterocycles. The Morgan fingerprint density at radius 2 is 1.77 bits per heavy atom. The Balaban J connectivity index is 1.49. The zero-order valence-electron chi connectivity index (χ0n) is 17.8. The number of hydrogen-bond donors (Lipinski definition) is 2. The van der Waals surface area contributed by atoms with Gasteiger partial charge < -0.3 is 10.6 Å². The van der Waals surface area contributed by atoms with Crippen LogP contribution < -0.4 is 10.6 Å². The normalized spacial score (nSPS) is 16.0. The summed E-state index contributed by atoms with van der Waals surface area (Å²) in [6, 6.07) is 8.27. The van der Waals surface area contributed by atoms with Crippen LogP contribution in [0.4, 0.5) is 5.82 Å². The molecule has 3 aromatic heterocycles. The number of anilines is 1. The number of hydrogen-bond acceptors (Lipinski definition) is 6. The van der Waals surface area contributed by atoms with Crippen molar-refractivity contribution in [2.24, 2.45) is 20.0 Å². The third kappa shape index (κ3) is 4.20. The smallest absolute Gasteiger partial charge is 0.161 e. The molecule has 158 valence electrons. The first-order valence-corrected chi connectivity index (χ1v) is 10.6. The lowest BCUT2D eigenvalue weighted by Gasteiger charge is -2.14. The van der Waals surface area contributed by atoms with E-state index in [-0.39, 0.29) is 0 Å². The number of rotatable bonds is 6. The van der Waals surface area contributed by atoms with Gasteiger partial charge in [0.2, 0.25) is 0 Å². The summed E-state index contributed by atoms with van der Waals surface area (Å²) in [6.45, 7) is 3.00. The average molecular weight is 415 g/mol. The molecule has 8 nitrogen and oxygen atoms in total. The van der Waals surface area contributed by atoms with Gasteiger partial charge in [-0.2, -0.15) is 10.2 Å². The summed E-state index contributed by atoms with van der Waals surface area (Å²) in [5.41, 5.74) is 5.11. The van der Waals surface area contributed by atoms with Crippen LogP contribution in [0.5, 0.6) is 0 Å². The van der Waals surface area contributed by atoms with Gasteiger partial charge in [0.05, 0.1) is 12.4 Å². The van der Waals surface area contributed by atoms with Crippen molar-refractivity contribution in [3.05, 3.63) is 55.2 Å². The molecule has 4 heterocycles. The first-order valence-electron chi connectivity index (χ1n) is 10.6. The molecule has 1 atom stereocenters. The molecule has 0 amide bonds.